The highest BCUT2D eigenvalue weighted by atomic mass is 16.5. The van der Waals surface area contributed by atoms with Gasteiger partial charge in [-0.05, 0) is 68.8 Å². The first-order valence-corrected chi connectivity index (χ1v) is 9.93. The molecule has 0 radical (unpaired) electrons. The molecular formula is C23H28N2O4. The van der Waals surface area contributed by atoms with Gasteiger partial charge >= 0.3 is 5.97 Å². The number of hydrogen-bond acceptors (Lipinski definition) is 5. The average molecular weight is 396 g/mol. The molecule has 0 spiro atoms. The normalized spacial score (nSPS) is 10.3. The Bertz CT molecular complexity index is 825. The number of Topliss-reactive ketones (excluding diaryl/α,β-unsaturated/α-hetero) is 1. The molecule has 0 fully saturated rings. The zero-order valence-electron chi connectivity index (χ0n) is 17.2. The predicted molar refractivity (Wildman–Crippen MR) is 115 cm³/mol. The molecule has 29 heavy (non-hydrogen) atoms. The van der Waals surface area contributed by atoms with E-state index in [9.17, 15) is 14.4 Å². The van der Waals surface area contributed by atoms with Crippen molar-refractivity contribution in [3.05, 3.63) is 59.7 Å². The first-order chi connectivity index (χ1) is 14.0. The maximum absolute atomic E-state index is 12.3. The summed E-state index contributed by atoms with van der Waals surface area (Å²) in [6, 6.07) is 13.7. The molecule has 6 heteroatoms. The van der Waals surface area contributed by atoms with E-state index in [1.54, 1.807) is 36.4 Å². The van der Waals surface area contributed by atoms with E-state index in [2.05, 4.69) is 24.1 Å². The molecular weight excluding hydrogens is 368 g/mol. The van der Waals surface area contributed by atoms with Crippen LogP contribution in [0.1, 0.15) is 54.3 Å². The summed E-state index contributed by atoms with van der Waals surface area (Å²) >= 11 is 0. The second kappa shape index (κ2) is 11.0. The molecule has 0 atom stereocenters. The van der Waals surface area contributed by atoms with Crippen molar-refractivity contribution < 1.29 is 19.1 Å². The molecule has 2 aromatic carbocycles. The van der Waals surface area contributed by atoms with Crippen LogP contribution in [0.3, 0.4) is 0 Å². The summed E-state index contributed by atoms with van der Waals surface area (Å²) in [5.41, 5.74) is 2.49. The van der Waals surface area contributed by atoms with E-state index in [0.29, 0.717) is 23.2 Å². The van der Waals surface area contributed by atoms with E-state index in [1.807, 2.05) is 19.1 Å². The van der Waals surface area contributed by atoms with Crippen LogP contribution in [-0.4, -0.2) is 37.4 Å². The lowest BCUT2D eigenvalue weighted by Crippen LogP contribution is -2.21. The van der Waals surface area contributed by atoms with Crippen LogP contribution in [0.4, 0.5) is 11.4 Å². The summed E-state index contributed by atoms with van der Waals surface area (Å²) in [5, 5.41) is 2.76. The third kappa shape index (κ3) is 6.45. The molecule has 1 N–H and O–H groups in total. The van der Waals surface area contributed by atoms with Crippen LogP contribution in [0.25, 0.3) is 0 Å². The second-order valence-electron chi connectivity index (χ2n) is 6.59. The van der Waals surface area contributed by atoms with Gasteiger partial charge in [-0.25, -0.2) is 4.79 Å². The number of anilines is 2. The van der Waals surface area contributed by atoms with E-state index in [4.69, 9.17) is 4.74 Å². The molecule has 2 rings (SSSR count). The second-order valence-corrected chi connectivity index (χ2v) is 6.59. The summed E-state index contributed by atoms with van der Waals surface area (Å²) in [6.07, 6.45) is 1.22. The maximum Gasteiger partial charge on any atom is 0.338 e. The highest BCUT2D eigenvalue weighted by molar-refractivity contribution is 6.00. The number of amides is 1. The zero-order chi connectivity index (χ0) is 21.2. The van der Waals surface area contributed by atoms with Crippen molar-refractivity contribution in [1.29, 1.82) is 0 Å². The lowest BCUT2D eigenvalue weighted by molar-refractivity contribution is -0.116. The van der Waals surface area contributed by atoms with Crippen molar-refractivity contribution in [1.82, 2.24) is 0 Å². The molecule has 0 aromatic heterocycles. The minimum absolute atomic E-state index is 0.0625. The molecule has 2 aromatic rings. The van der Waals surface area contributed by atoms with Crippen LogP contribution in [0, 0.1) is 0 Å². The third-order valence-corrected chi connectivity index (χ3v) is 4.53. The Balaban J connectivity index is 1.89. The molecule has 1 amide bonds. The van der Waals surface area contributed by atoms with Crippen LogP contribution < -0.4 is 10.2 Å². The number of carbonyl (C=O) groups is 3. The van der Waals surface area contributed by atoms with Crippen molar-refractivity contribution in [2.45, 2.75) is 33.6 Å². The number of esters is 1. The van der Waals surface area contributed by atoms with Crippen LogP contribution in [-0.2, 0) is 9.53 Å². The van der Waals surface area contributed by atoms with Gasteiger partial charge < -0.3 is 15.0 Å². The van der Waals surface area contributed by atoms with Gasteiger partial charge in [-0.3, -0.25) is 9.59 Å². The van der Waals surface area contributed by atoms with E-state index in [0.717, 1.165) is 25.2 Å². The van der Waals surface area contributed by atoms with Crippen molar-refractivity contribution in [3.8, 4) is 0 Å². The fourth-order valence-electron chi connectivity index (χ4n) is 2.88. The number of hydrogen-bond donors (Lipinski definition) is 1. The van der Waals surface area contributed by atoms with Gasteiger partial charge in [0, 0.05) is 36.4 Å². The smallest absolute Gasteiger partial charge is 0.338 e. The number of benzene rings is 2. The lowest BCUT2D eigenvalue weighted by Gasteiger charge is -2.20. The number of nitrogens with zero attached hydrogens (tertiary/aromatic N) is 1. The van der Waals surface area contributed by atoms with E-state index in [1.165, 1.54) is 0 Å². The first-order valence-electron chi connectivity index (χ1n) is 9.93. The molecule has 0 heterocycles. The molecule has 0 aliphatic carbocycles. The largest absolute Gasteiger partial charge is 0.454 e. The van der Waals surface area contributed by atoms with Crippen molar-refractivity contribution in [3.63, 3.8) is 0 Å². The Morgan fingerprint density at radius 1 is 0.862 bits per heavy atom. The van der Waals surface area contributed by atoms with Gasteiger partial charge in [-0.15, -0.1) is 0 Å². The van der Waals surface area contributed by atoms with Crippen molar-refractivity contribution in [2.24, 2.45) is 0 Å². The Hall–Kier alpha value is -3.15. The van der Waals surface area contributed by atoms with Crippen molar-refractivity contribution in [2.75, 3.05) is 29.9 Å². The van der Waals surface area contributed by atoms with Gasteiger partial charge in [-0.2, -0.15) is 0 Å². The molecule has 0 aliphatic heterocycles. The SMILES string of the molecule is CCCC(=O)Nc1ccc(C(=O)COC(=O)c2ccc(N(CC)CC)cc2)cc1. The quantitative estimate of drug-likeness (QED) is 0.478. The minimum atomic E-state index is -0.534. The van der Waals surface area contributed by atoms with Gasteiger partial charge in [0.25, 0.3) is 0 Å². The van der Waals surface area contributed by atoms with Gasteiger partial charge in [-0.1, -0.05) is 6.92 Å². The fourth-order valence-corrected chi connectivity index (χ4v) is 2.88. The zero-order valence-corrected chi connectivity index (χ0v) is 17.2. The summed E-state index contributed by atoms with van der Waals surface area (Å²) in [6.45, 7) is 7.51. The standard InChI is InChI=1S/C23H28N2O4/c1-4-7-22(27)24-19-12-8-17(9-13-19)21(26)16-29-23(28)18-10-14-20(15-11-18)25(5-2)6-3/h8-15H,4-7,16H2,1-3H3,(H,24,27). The maximum atomic E-state index is 12.3. The van der Waals surface area contributed by atoms with E-state index >= 15 is 0 Å². The van der Waals surface area contributed by atoms with E-state index in [-0.39, 0.29) is 18.3 Å². The Morgan fingerprint density at radius 3 is 2.00 bits per heavy atom. The first kappa shape index (κ1) is 22.1. The van der Waals surface area contributed by atoms with Crippen molar-refractivity contribution >= 4 is 29.0 Å². The number of rotatable bonds is 10. The number of ketones is 1. The highest BCUT2D eigenvalue weighted by Crippen LogP contribution is 2.16. The minimum Gasteiger partial charge on any atom is -0.454 e. The molecule has 0 aliphatic rings. The number of ether oxygens (including phenoxy) is 1. The van der Waals surface area contributed by atoms with Gasteiger partial charge in [0.15, 0.2) is 12.4 Å². The van der Waals surface area contributed by atoms with Gasteiger partial charge in [0.1, 0.15) is 0 Å². The average Bonchev–Trinajstić information content (AvgIpc) is 2.74. The lowest BCUT2D eigenvalue weighted by atomic mass is 10.1. The Labute approximate surface area is 171 Å². The Morgan fingerprint density at radius 2 is 1.45 bits per heavy atom. The predicted octanol–water partition coefficient (Wildman–Crippen LogP) is 4.31. The highest BCUT2D eigenvalue weighted by Gasteiger charge is 2.13. The molecule has 154 valence electrons. The molecule has 6 nitrogen and oxygen atoms in total. The molecule has 0 bridgehead atoms. The number of carbonyl (C=O) groups excluding carboxylic acids is 3. The number of nitrogens with one attached hydrogen (secondary N) is 1. The third-order valence-electron chi connectivity index (χ3n) is 4.53. The fraction of sp³-hybridized carbons (Fsp3) is 0.348. The topological polar surface area (TPSA) is 75.7 Å². The van der Waals surface area contributed by atoms with E-state index < -0.39 is 5.97 Å². The van der Waals surface area contributed by atoms with Crippen LogP contribution in [0.2, 0.25) is 0 Å². The van der Waals surface area contributed by atoms with Gasteiger partial charge in [0.2, 0.25) is 5.91 Å². The monoisotopic (exact) mass is 396 g/mol. The van der Waals surface area contributed by atoms with Crippen LogP contribution in [0.5, 0.6) is 0 Å². The molecule has 0 saturated carbocycles. The van der Waals surface area contributed by atoms with Crippen LogP contribution in [0.15, 0.2) is 48.5 Å². The summed E-state index contributed by atoms with van der Waals surface area (Å²) in [7, 11) is 0. The van der Waals surface area contributed by atoms with Crippen LogP contribution >= 0.6 is 0 Å². The summed E-state index contributed by atoms with van der Waals surface area (Å²) in [5.74, 6) is -0.898. The van der Waals surface area contributed by atoms with Gasteiger partial charge in [0.05, 0.1) is 5.56 Å². The summed E-state index contributed by atoms with van der Waals surface area (Å²) in [4.78, 5) is 38.2. The molecule has 0 saturated heterocycles. The summed E-state index contributed by atoms with van der Waals surface area (Å²) < 4.78 is 5.15. The Kier molecular flexibility index (Phi) is 8.40. The molecule has 0 unspecified atom stereocenters.